The first-order valence-electron chi connectivity index (χ1n) is 9.48. The highest BCUT2D eigenvalue weighted by atomic mass is 28.4. The highest BCUT2D eigenvalue weighted by Crippen LogP contribution is 2.35. The van der Waals surface area contributed by atoms with Gasteiger partial charge in [-0.05, 0) is 44.8 Å². The largest absolute Gasteiger partial charge is 0.500 e. The van der Waals surface area contributed by atoms with Crippen molar-refractivity contribution in [3.63, 3.8) is 0 Å². The minimum atomic E-state index is -5.62. The summed E-state index contributed by atoms with van der Waals surface area (Å²) in [6, 6.07) is 0.606. The Labute approximate surface area is 172 Å². The van der Waals surface area contributed by atoms with Gasteiger partial charge in [0.05, 0.1) is 0 Å². The zero-order valence-electron chi connectivity index (χ0n) is 18.3. The molecule has 0 saturated heterocycles. The Kier molecular flexibility index (Phi) is 12.0. The van der Waals surface area contributed by atoms with Gasteiger partial charge in [0.25, 0.3) is 0 Å². The molecule has 0 radical (unpaired) electrons. The molecular formula is C17H35F5O5Si2. The molecule has 0 rings (SSSR count). The SMILES string of the molecule is CO[Si](CCCC(C)C(CCOCC(F)(F)C(F)(F)F)O[Si](C)(C)C)(OC)OC. The molecule has 0 saturated carbocycles. The molecule has 0 bridgehead atoms. The van der Waals surface area contributed by atoms with Crippen molar-refractivity contribution in [2.45, 2.75) is 70.1 Å². The van der Waals surface area contributed by atoms with Crippen LogP contribution in [0.3, 0.4) is 0 Å². The maximum Gasteiger partial charge on any atom is 0.500 e. The first-order chi connectivity index (χ1) is 13.1. The van der Waals surface area contributed by atoms with Crippen molar-refractivity contribution in [1.29, 1.82) is 0 Å². The average Bonchev–Trinajstić information content (AvgIpc) is 2.59. The van der Waals surface area contributed by atoms with Gasteiger partial charge in [-0.15, -0.1) is 0 Å². The fourth-order valence-electron chi connectivity index (χ4n) is 2.78. The molecule has 2 atom stereocenters. The number of hydrogen-bond acceptors (Lipinski definition) is 5. The van der Waals surface area contributed by atoms with E-state index < -0.39 is 35.8 Å². The summed E-state index contributed by atoms with van der Waals surface area (Å²) in [5, 5.41) is 0. The summed E-state index contributed by atoms with van der Waals surface area (Å²) in [7, 11) is -0.0314. The lowest BCUT2D eigenvalue weighted by atomic mass is 9.97. The third-order valence-corrected chi connectivity index (χ3v) is 8.30. The van der Waals surface area contributed by atoms with E-state index in [9.17, 15) is 22.0 Å². The fraction of sp³-hybridized carbons (Fsp3) is 1.00. The first-order valence-corrected chi connectivity index (χ1v) is 14.8. The van der Waals surface area contributed by atoms with E-state index in [2.05, 4.69) is 4.74 Å². The molecule has 0 aromatic rings. The molecule has 0 aliphatic heterocycles. The summed E-state index contributed by atoms with van der Waals surface area (Å²) in [5.74, 6) is -4.81. The molecule has 0 heterocycles. The van der Waals surface area contributed by atoms with Gasteiger partial charge in [-0.25, -0.2) is 0 Å². The molecule has 0 aliphatic carbocycles. The van der Waals surface area contributed by atoms with Gasteiger partial charge in [0.15, 0.2) is 8.32 Å². The Morgan fingerprint density at radius 3 is 1.79 bits per heavy atom. The van der Waals surface area contributed by atoms with Crippen LogP contribution in [0.1, 0.15) is 26.2 Å². The molecule has 0 aromatic heterocycles. The first kappa shape index (κ1) is 28.9. The van der Waals surface area contributed by atoms with E-state index in [0.29, 0.717) is 6.04 Å². The van der Waals surface area contributed by atoms with Crippen LogP contribution in [0.5, 0.6) is 0 Å². The minimum absolute atomic E-state index is 0.0470. The maximum absolute atomic E-state index is 13.0. The second-order valence-corrected chi connectivity index (χ2v) is 15.5. The van der Waals surface area contributed by atoms with Gasteiger partial charge in [0.1, 0.15) is 6.61 Å². The van der Waals surface area contributed by atoms with Crippen molar-refractivity contribution in [3.8, 4) is 0 Å². The summed E-state index contributed by atoms with van der Waals surface area (Å²) in [4.78, 5) is 0. The number of rotatable bonds is 15. The summed E-state index contributed by atoms with van der Waals surface area (Å²) in [5.41, 5.74) is 0. The topological polar surface area (TPSA) is 46.2 Å². The fourth-order valence-corrected chi connectivity index (χ4v) is 5.79. The van der Waals surface area contributed by atoms with Gasteiger partial charge in [-0.2, -0.15) is 22.0 Å². The molecule has 0 aromatic carbocycles. The van der Waals surface area contributed by atoms with Crippen LogP contribution in [0.4, 0.5) is 22.0 Å². The lowest BCUT2D eigenvalue weighted by Crippen LogP contribution is -2.43. The summed E-state index contributed by atoms with van der Waals surface area (Å²) in [6.07, 6.45) is -4.21. The quantitative estimate of drug-likeness (QED) is 0.189. The average molecular weight is 471 g/mol. The Morgan fingerprint density at radius 2 is 1.38 bits per heavy atom. The van der Waals surface area contributed by atoms with Gasteiger partial charge in [0, 0.05) is 40.1 Å². The predicted molar refractivity (Wildman–Crippen MR) is 105 cm³/mol. The summed E-state index contributed by atoms with van der Waals surface area (Å²) in [6.45, 7) is 6.01. The lowest BCUT2D eigenvalue weighted by Gasteiger charge is -2.32. The highest BCUT2D eigenvalue weighted by Gasteiger charge is 2.57. The minimum Gasteiger partial charge on any atom is -0.414 e. The zero-order valence-corrected chi connectivity index (χ0v) is 20.3. The van der Waals surface area contributed by atoms with Crippen LogP contribution < -0.4 is 0 Å². The maximum atomic E-state index is 13.0. The van der Waals surface area contributed by atoms with E-state index in [0.717, 1.165) is 12.8 Å². The molecule has 0 aliphatic rings. The number of halogens is 5. The van der Waals surface area contributed by atoms with E-state index in [1.807, 2.05) is 26.6 Å². The van der Waals surface area contributed by atoms with E-state index in [-0.39, 0.29) is 25.0 Å². The highest BCUT2D eigenvalue weighted by molar-refractivity contribution is 6.69. The third kappa shape index (κ3) is 10.6. The predicted octanol–water partition coefficient (Wildman–Crippen LogP) is 5.11. The van der Waals surface area contributed by atoms with Gasteiger partial charge >= 0.3 is 20.9 Å². The number of hydrogen-bond donors (Lipinski definition) is 0. The normalized spacial score (nSPS) is 16.1. The van der Waals surface area contributed by atoms with E-state index in [1.165, 1.54) is 21.3 Å². The molecule has 0 amide bonds. The summed E-state index contributed by atoms with van der Waals surface area (Å²) >= 11 is 0. The Hall–Kier alpha value is -0.116. The standard InChI is InChI=1S/C17H35F5O5Si2/c1-14(9-8-12-29(23-2,24-3)25-4)15(27-28(5,6)7)10-11-26-13-16(18,19)17(20,21)22/h14-15H,8-13H2,1-7H3. The van der Waals surface area contributed by atoms with Crippen molar-refractivity contribution in [2.24, 2.45) is 5.92 Å². The van der Waals surface area contributed by atoms with Crippen LogP contribution in [0.2, 0.25) is 25.7 Å². The van der Waals surface area contributed by atoms with E-state index in [4.69, 9.17) is 17.7 Å². The van der Waals surface area contributed by atoms with Crippen LogP contribution in [0, 0.1) is 5.92 Å². The van der Waals surface area contributed by atoms with Crippen LogP contribution in [-0.2, 0) is 22.4 Å². The number of alkyl halides is 5. The Morgan fingerprint density at radius 1 is 0.862 bits per heavy atom. The molecule has 5 nitrogen and oxygen atoms in total. The van der Waals surface area contributed by atoms with Crippen LogP contribution in [0.25, 0.3) is 0 Å². The van der Waals surface area contributed by atoms with Gasteiger partial charge in [-0.1, -0.05) is 6.92 Å². The molecular weight excluding hydrogens is 435 g/mol. The van der Waals surface area contributed by atoms with E-state index in [1.54, 1.807) is 0 Å². The van der Waals surface area contributed by atoms with Gasteiger partial charge in [0.2, 0.25) is 0 Å². The van der Waals surface area contributed by atoms with Crippen molar-refractivity contribution >= 4 is 17.1 Å². The second-order valence-electron chi connectivity index (χ2n) is 7.98. The molecule has 0 fully saturated rings. The van der Waals surface area contributed by atoms with Crippen molar-refractivity contribution < 1.29 is 44.4 Å². The number of ether oxygens (including phenoxy) is 1. The molecule has 0 N–H and O–H groups in total. The summed E-state index contributed by atoms with van der Waals surface area (Å²) < 4.78 is 89.5. The zero-order chi connectivity index (χ0) is 22.9. The molecule has 0 spiro atoms. The van der Waals surface area contributed by atoms with Crippen LogP contribution in [0.15, 0.2) is 0 Å². The van der Waals surface area contributed by atoms with Crippen molar-refractivity contribution in [3.05, 3.63) is 0 Å². The van der Waals surface area contributed by atoms with E-state index >= 15 is 0 Å². The molecule has 12 heteroatoms. The van der Waals surface area contributed by atoms with Crippen LogP contribution in [-0.4, -0.2) is 69.9 Å². The molecule has 29 heavy (non-hydrogen) atoms. The lowest BCUT2D eigenvalue weighted by molar-refractivity contribution is -0.297. The smallest absolute Gasteiger partial charge is 0.414 e. The monoisotopic (exact) mass is 470 g/mol. The van der Waals surface area contributed by atoms with Crippen molar-refractivity contribution in [2.75, 3.05) is 34.5 Å². The molecule has 2 unspecified atom stereocenters. The van der Waals surface area contributed by atoms with Gasteiger partial charge in [-0.3, -0.25) is 0 Å². The van der Waals surface area contributed by atoms with Gasteiger partial charge < -0.3 is 22.4 Å². The molecule has 176 valence electrons. The van der Waals surface area contributed by atoms with Crippen LogP contribution >= 0.6 is 0 Å². The third-order valence-electron chi connectivity index (χ3n) is 4.46. The Bertz CT molecular complexity index is 448. The second kappa shape index (κ2) is 12.1. The van der Waals surface area contributed by atoms with Crippen molar-refractivity contribution in [1.82, 2.24) is 0 Å². The Balaban J connectivity index is 4.72.